The lowest BCUT2D eigenvalue weighted by atomic mass is 9.90. The van der Waals surface area contributed by atoms with Gasteiger partial charge in [-0.15, -0.1) is 0 Å². The van der Waals surface area contributed by atoms with Gasteiger partial charge in [-0.25, -0.2) is 19.2 Å². The van der Waals surface area contributed by atoms with E-state index < -0.39 is 0 Å². The first-order chi connectivity index (χ1) is 46.7. The first-order valence-corrected chi connectivity index (χ1v) is 32.5. The average Bonchev–Trinajstić information content (AvgIpc) is 0.873. The number of nitrogens with one attached hydrogen (secondary N) is 5. The fourth-order valence-electron chi connectivity index (χ4n) is 13.3. The highest BCUT2D eigenvalue weighted by molar-refractivity contribution is 5.99. The molecule has 4 aliphatic heterocycles. The number of hydrogen-bond acceptors (Lipinski definition) is 13. The van der Waals surface area contributed by atoms with Gasteiger partial charge in [-0.3, -0.25) is 4.79 Å². The summed E-state index contributed by atoms with van der Waals surface area (Å²) in [6.45, 7) is 38.3. The summed E-state index contributed by atoms with van der Waals surface area (Å²) in [5.74, 6) is 0.750. The van der Waals surface area contributed by atoms with Gasteiger partial charge < -0.3 is 81.9 Å². The highest BCUT2D eigenvalue weighted by Gasteiger charge is 2.29. The maximum atomic E-state index is 12.6. The minimum absolute atomic E-state index is 0.0124. The molecule has 0 saturated carbocycles. The zero-order chi connectivity index (χ0) is 72.1. The van der Waals surface area contributed by atoms with E-state index in [1.807, 2.05) is 134 Å². The number of benzene rings is 5. The third-order valence-electron chi connectivity index (χ3n) is 17.8. The Morgan fingerprint density at radius 3 is 1.22 bits per heavy atom. The molecule has 0 radical (unpaired) electrons. The van der Waals surface area contributed by atoms with E-state index in [-0.39, 0.29) is 29.9 Å². The van der Waals surface area contributed by atoms with Crippen molar-refractivity contribution in [3.8, 4) is 36.1 Å². The Hall–Kier alpha value is -11.3. The lowest BCUT2D eigenvalue weighted by molar-refractivity contribution is 0.0975. The van der Waals surface area contributed by atoms with Crippen molar-refractivity contribution in [1.82, 2.24) is 40.9 Å². The van der Waals surface area contributed by atoms with E-state index in [0.717, 1.165) is 118 Å². The maximum absolute atomic E-state index is 12.6. The van der Waals surface area contributed by atoms with Crippen LogP contribution in [0.25, 0.3) is 25.0 Å². The number of ether oxygens (including phenoxy) is 1. The number of Topliss-reactive ketones (excluding diaryl/α,β-unsaturated/α-hetero) is 1. The molecule has 5 aromatic rings. The number of amides is 8. The van der Waals surface area contributed by atoms with Crippen LogP contribution in [0.15, 0.2) is 30.3 Å². The smallest absolute Gasteiger partial charge is 0.337 e. The fourth-order valence-corrected chi connectivity index (χ4v) is 13.3. The van der Waals surface area contributed by atoms with Gasteiger partial charge in [-0.05, 0) is 188 Å². The van der Waals surface area contributed by atoms with Crippen LogP contribution in [0.3, 0.4) is 0 Å². The number of aryl methyl sites for hydroxylation is 10. The average molecular weight is 1340 g/mol. The van der Waals surface area contributed by atoms with E-state index in [1.54, 1.807) is 19.6 Å². The number of hydrogen-bond donors (Lipinski definition) is 5. The Morgan fingerprint density at radius 1 is 0.449 bits per heavy atom. The van der Waals surface area contributed by atoms with Crippen molar-refractivity contribution in [2.75, 3.05) is 108 Å². The van der Waals surface area contributed by atoms with Gasteiger partial charge in [0.05, 0.1) is 6.54 Å². The van der Waals surface area contributed by atoms with Gasteiger partial charge in [0.25, 0.3) is 0 Å². The molecule has 4 heterocycles. The van der Waals surface area contributed by atoms with Crippen molar-refractivity contribution < 1.29 is 28.7 Å². The summed E-state index contributed by atoms with van der Waals surface area (Å²) in [6, 6.07) is 22.2. The van der Waals surface area contributed by atoms with E-state index in [4.69, 9.17) is 4.74 Å². The van der Waals surface area contributed by atoms with Gasteiger partial charge >= 0.3 is 54.5 Å². The van der Waals surface area contributed by atoms with E-state index in [1.165, 1.54) is 0 Å². The molecule has 9 rings (SSSR count). The maximum Gasteiger partial charge on any atom is 0.337 e. The molecule has 0 aliphatic carbocycles. The van der Waals surface area contributed by atoms with Crippen LogP contribution >= 0.6 is 0 Å². The van der Waals surface area contributed by atoms with Crippen LogP contribution in [0.5, 0.6) is 5.75 Å². The summed E-state index contributed by atoms with van der Waals surface area (Å²) < 4.78 is 5.81. The van der Waals surface area contributed by atoms with Crippen LogP contribution in [-0.4, -0.2) is 148 Å². The molecule has 5 N–H and O–H groups in total. The number of urea groups is 4. The van der Waals surface area contributed by atoms with Crippen molar-refractivity contribution in [3.05, 3.63) is 198 Å². The summed E-state index contributed by atoms with van der Waals surface area (Å²) in [5.41, 5.74) is 20.7. The zero-order valence-electron chi connectivity index (χ0n) is 58.9. The zero-order valence-corrected chi connectivity index (χ0v) is 58.9. The monoisotopic (exact) mass is 1340 g/mol. The molecule has 4 fully saturated rings. The Bertz CT molecular complexity index is 4020. The molecule has 0 atom stereocenters. The van der Waals surface area contributed by atoms with Gasteiger partial charge in [-0.2, -0.15) is 0 Å². The van der Waals surface area contributed by atoms with E-state index >= 15 is 0 Å². The molecular weight excluding hydrogens is 1250 g/mol. The van der Waals surface area contributed by atoms with Crippen molar-refractivity contribution >= 4 is 47.0 Å². The van der Waals surface area contributed by atoms with Gasteiger partial charge in [-0.1, -0.05) is 30.3 Å². The minimum Gasteiger partial charge on any atom is -0.498 e. The Kier molecular flexibility index (Phi) is 27.4. The molecule has 8 amide bonds. The van der Waals surface area contributed by atoms with Crippen molar-refractivity contribution in [2.45, 2.75) is 117 Å². The summed E-state index contributed by atoms with van der Waals surface area (Å²) >= 11 is 0. The lowest BCUT2D eigenvalue weighted by Crippen LogP contribution is -2.36. The summed E-state index contributed by atoms with van der Waals surface area (Å²) in [4.78, 5) is 68.2. The molecule has 0 spiro atoms. The predicted octanol–water partition coefficient (Wildman–Crippen LogP) is 12.3. The normalized spacial score (nSPS) is 13.3. The molecule has 26 nitrogen and oxygen atoms in total. The van der Waals surface area contributed by atoms with Crippen LogP contribution in [-0.2, 0) is 0 Å². The van der Waals surface area contributed by atoms with E-state index in [0.29, 0.717) is 132 Å². The highest BCUT2D eigenvalue weighted by Crippen LogP contribution is 2.40. The molecular formula is C72H89N15O11. The Labute approximate surface area is 573 Å². The number of carbonyl (C=O) groups is 5. The molecule has 98 heavy (non-hydrogen) atoms. The Balaban J connectivity index is 0.000000210. The van der Waals surface area contributed by atoms with Gasteiger partial charge in [0.15, 0.2) is 5.78 Å². The molecule has 4 saturated heterocycles. The topological polar surface area (TPSA) is 308 Å². The number of rotatable bonds is 18. The summed E-state index contributed by atoms with van der Waals surface area (Å²) in [5, 5.41) is 82.0. The van der Waals surface area contributed by atoms with Crippen LogP contribution < -0.4 is 36.2 Å². The molecule has 0 aromatic heterocycles. The van der Waals surface area contributed by atoms with Crippen LogP contribution in [0.2, 0.25) is 0 Å². The fraction of sp³-hybridized carbons (Fsp3) is 0.444. The molecule has 26 heteroatoms. The van der Waals surface area contributed by atoms with Gasteiger partial charge in [0, 0.05) is 145 Å². The second-order valence-electron chi connectivity index (χ2n) is 24.7. The summed E-state index contributed by atoms with van der Waals surface area (Å²) in [6.07, 6.45) is 0.982. The third kappa shape index (κ3) is 18.6. The number of ketones is 1. The largest absolute Gasteiger partial charge is 0.498 e. The highest BCUT2D eigenvalue weighted by atomic mass is 16.5. The SMILES string of the molecule is Cc1cc(C)c(C(=O)CCCN2CCNC2=O)c(C)c1C#[N+][O-].Cc1cc(C)c(N(CCN2CCNC2=O)c2c(C)cc(C)c(C#[N+][O-])c2C)c(C)c1C#[N+][O-].Cc1cc(C)c(NCCN2CCNC2=O)c(C)c1C#[N+][O-].Cc1cc(C)c(OCCN2CCNC2=O)c(C)c1C#[N+][O-]. The second kappa shape index (κ2) is 35.4. The van der Waals surface area contributed by atoms with Crippen molar-refractivity contribution in [1.29, 1.82) is 0 Å². The van der Waals surface area contributed by atoms with Crippen molar-refractivity contribution in [3.63, 3.8) is 0 Å². The Morgan fingerprint density at radius 2 is 0.806 bits per heavy atom. The third-order valence-corrected chi connectivity index (χ3v) is 17.8. The second-order valence-corrected chi connectivity index (χ2v) is 24.7. The van der Waals surface area contributed by atoms with Crippen LogP contribution in [0, 0.1) is 160 Å². The quantitative estimate of drug-likeness (QED) is 0.0403. The first-order valence-electron chi connectivity index (χ1n) is 32.5. The minimum atomic E-state index is -0.0790. The molecule has 4 aliphatic rings. The number of nitrogens with zero attached hydrogens (tertiary/aromatic N) is 10. The van der Waals surface area contributed by atoms with Crippen molar-refractivity contribution in [2.24, 2.45) is 0 Å². The van der Waals surface area contributed by atoms with Gasteiger partial charge in [0.1, 0.15) is 40.2 Å². The lowest BCUT2D eigenvalue weighted by Gasteiger charge is -2.33. The number of anilines is 3. The molecule has 0 unspecified atom stereocenters. The molecule has 518 valence electrons. The molecule has 5 aromatic carbocycles. The van der Waals surface area contributed by atoms with E-state index in [2.05, 4.69) is 86.9 Å². The first kappa shape index (κ1) is 75.7. The standard InChI is InChI=1S/C25H29N5O3.C17H21N3O3.C15H20N4O2.C15H19N3O3/c1-15-11-17(3)23(19(5)21(15)13-27-32)30(10-9-29-8-7-26-25(29)31)24-18(4)12-16(2)22(14-28-33)20(24)6;1-11-9-12(2)16(13(3)14(11)10-19-23)15(21)5-4-7-20-8-6-18-17(20)22;1-10-8-11(2)14(12(3)13(10)9-18-21)16-4-6-19-7-5-17-15(19)20;1-10-8-11(2)14(12(3)13(10)9-17-20)21-7-6-18-5-4-16-15(18)19/h11-12H,7-10H2,1-6H3,(H,26,31);9H,4-8H2,1-3H3,(H,18,22);8,16H,4-7H2,1-3H3,(H,17,20);8H,4-7H2,1-3H3,(H,16,19). The summed E-state index contributed by atoms with van der Waals surface area (Å²) in [7, 11) is 0. The van der Waals surface area contributed by atoms with Gasteiger partial charge in [0.2, 0.25) is 0 Å². The van der Waals surface area contributed by atoms with E-state index in [9.17, 15) is 50.0 Å². The van der Waals surface area contributed by atoms with Crippen LogP contribution in [0.1, 0.15) is 134 Å². The molecule has 0 bridgehead atoms. The van der Waals surface area contributed by atoms with Crippen LogP contribution in [0.4, 0.5) is 36.2 Å². The number of carbonyl (C=O) groups excluding carboxylic acids is 5. The predicted molar refractivity (Wildman–Crippen MR) is 386 cm³/mol.